The Balaban J connectivity index is 0.000000755. The lowest BCUT2D eigenvalue weighted by molar-refractivity contribution is -0.130. The number of ether oxygens (including phenoxy) is 1. The van der Waals surface area contributed by atoms with E-state index in [9.17, 15) is 9.59 Å². The van der Waals surface area contributed by atoms with Crippen molar-refractivity contribution in [1.82, 2.24) is 14.8 Å². The number of pyridine rings is 1. The number of rotatable bonds is 1. The summed E-state index contributed by atoms with van der Waals surface area (Å²) in [5.74, 6) is 0.208. The van der Waals surface area contributed by atoms with Crippen molar-refractivity contribution in [2.24, 2.45) is 0 Å². The van der Waals surface area contributed by atoms with E-state index in [-0.39, 0.29) is 23.9 Å². The largest absolute Gasteiger partial charge is 0.483 e. The van der Waals surface area contributed by atoms with Crippen molar-refractivity contribution in [2.75, 3.05) is 33.3 Å². The van der Waals surface area contributed by atoms with Gasteiger partial charge in [0.2, 0.25) is 5.91 Å². The van der Waals surface area contributed by atoms with Crippen LogP contribution in [0.15, 0.2) is 12.3 Å². The van der Waals surface area contributed by atoms with Crippen LogP contribution < -0.4 is 0 Å². The van der Waals surface area contributed by atoms with Crippen molar-refractivity contribution in [1.29, 1.82) is 0 Å². The van der Waals surface area contributed by atoms with E-state index in [1.54, 1.807) is 11.1 Å². The Morgan fingerprint density at radius 3 is 2.66 bits per heavy atom. The molecular formula is C21H29N3O5. The summed E-state index contributed by atoms with van der Waals surface area (Å²) < 4.78 is 6.07. The summed E-state index contributed by atoms with van der Waals surface area (Å²) in [6.07, 6.45) is 8.16. The van der Waals surface area contributed by atoms with Crippen LogP contribution in [0.5, 0.6) is 0 Å². The number of fused-ring (bicyclic) bond motifs is 1. The summed E-state index contributed by atoms with van der Waals surface area (Å²) in [5.41, 5.74) is 2.80. The molecule has 2 saturated heterocycles. The maximum Gasteiger partial charge on any atom is 0.290 e. The number of piperidine rings is 1. The third-order valence-corrected chi connectivity index (χ3v) is 6.05. The second-order valence-corrected chi connectivity index (χ2v) is 7.97. The van der Waals surface area contributed by atoms with Gasteiger partial charge in [-0.3, -0.25) is 19.4 Å². The van der Waals surface area contributed by atoms with Gasteiger partial charge in [0.05, 0.1) is 24.2 Å². The van der Waals surface area contributed by atoms with Gasteiger partial charge in [-0.2, -0.15) is 0 Å². The molecular weight excluding hydrogens is 374 g/mol. The first kappa shape index (κ1) is 21.2. The van der Waals surface area contributed by atoms with Gasteiger partial charge in [-0.25, -0.2) is 0 Å². The molecule has 1 aliphatic carbocycles. The normalized spacial score (nSPS) is 20.9. The number of carbonyl (C=O) groups excluding carboxylic acids is 2. The van der Waals surface area contributed by atoms with E-state index in [1.165, 1.54) is 18.4 Å². The van der Waals surface area contributed by atoms with Gasteiger partial charge in [-0.15, -0.1) is 0 Å². The third-order valence-electron chi connectivity index (χ3n) is 6.05. The van der Waals surface area contributed by atoms with E-state index in [2.05, 4.69) is 4.98 Å². The highest BCUT2D eigenvalue weighted by Crippen LogP contribution is 2.30. The molecule has 1 N–H and O–H groups in total. The van der Waals surface area contributed by atoms with E-state index < -0.39 is 0 Å². The molecule has 4 rings (SSSR count). The Bertz CT molecular complexity index is 759. The number of likely N-dealkylation sites (tertiary alicyclic amines) is 1. The monoisotopic (exact) mass is 403 g/mol. The second kappa shape index (κ2) is 9.35. The molecule has 2 fully saturated rings. The fourth-order valence-corrected chi connectivity index (χ4v) is 4.42. The number of amides is 2. The van der Waals surface area contributed by atoms with Crippen molar-refractivity contribution >= 4 is 18.3 Å². The molecule has 2 aliphatic heterocycles. The van der Waals surface area contributed by atoms with Gasteiger partial charge in [0, 0.05) is 38.6 Å². The maximum absolute atomic E-state index is 12.9. The molecule has 0 radical (unpaired) electrons. The Hall–Kier alpha value is -2.48. The van der Waals surface area contributed by atoms with E-state index in [4.69, 9.17) is 14.6 Å². The van der Waals surface area contributed by atoms with Crippen molar-refractivity contribution in [3.05, 3.63) is 29.1 Å². The average molecular weight is 403 g/mol. The van der Waals surface area contributed by atoms with Gasteiger partial charge in [-0.1, -0.05) is 0 Å². The molecule has 1 spiro atoms. The molecule has 0 aromatic carbocycles. The number of hydrogen-bond acceptors (Lipinski definition) is 5. The van der Waals surface area contributed by atoms with Gasteiger partial charge in [0.15, 0.2) is 0 Å². The van der Waals surface area contributed by atoms with Crippen LogP contribution in [0.1, 0.15) is 53.7 Å². The van der Waals surface area contributed by atoms with Crippen LogP contribution in [0.4, 0.5) is 0 Å². The Morgan fingerprint density at radius 2 is 1.93 bits per heavy atom. The minimum atomic E-state index is -0.300. The zero-order valence-electron chi connectivity index (χ0n) is 16.9. The number of aromatic nitrogens is 1. The molecule has 0 saturated carbocycles. The number of carbonyl (C=O) groups is 3. The van der Waals surface area contributed by atoms with E-state index in [0.717, 1.165) is 31.4 Å². The predicted octanol–water partition coefficient (Wildman–Crippen LogP) is 1.51. The number of hydrogen-bond donors (Lipinski definition) is 1. The van der Waals surface area contributed by atoms with Crippen molar-refractivity contribution in [3.63, 3.8) is 0 Å². The van der Waals surface area contributed by atoms with E-state index in [1.807, 2.05) is 18.0 Å². The Morgan fingerprint density at radius 1 is 1.24 bits per heavy atom. The van der Waals surface area contributed by atoms with Crippen LogP contribution in [0, 0.1) is 0 Å². The molecule has 158 valence electrons. The van der Waals surface area contributed by atoms with Crippen LogP contribution >= 0.6 is 0 Å². The average Bonchev–Trinajstić information content (AvgIpc) is 2.86. The number of carboxylic acid groups (broad SMARTS) is 1. The van der Waals surface area contributed by atoms with E-state index in [0.29, 0.717) is 38.2 Å². The fourth-order valence-electron chi connectivity index (χ4n) is 4.42. The lowest BCUT2D eigenvalue weighted by Crippen LogP contribution is -2.52. The quantitative estimate of drug-likeness (QED) is 0.714. The minimum Gasteiger partial charge on any atom is -0.483 e. The highest BCUT2D eigenvalue weighted by atomic mass is 16.5. The maximum atomic E-state index is 12.9. The zero-order valence-corrected chi connectivity index (χ0v) is 16.9. The van der Waals surface area contributed by atoms with Crippen molar-refractivity contribution < 1.29 is 24.2 Å². The lowest BCUT2D eigenvalue weighted by Gasteiger charge is -2.42. The van der Waals surface area contributed by atoms with Gasteiger partial charge in [-0.05, 0) is 50.2 Å². The molecule has 1 aromatic heterocycles. The zero-order chi connectivity index (χ0) is 20.9. The first-order valence-electron chi connectivity index (χ1n) is 10.2. The van der Waals surface area contributed by atoms with Crippen LogP contribution in [-0.4, -0.2) is 77.1 Å². The molecule has 8 heteroatoms. The fraction of sp³-hybridized carbons (Fsp3) is 0.619. The van der Waals surface area contributed by atoms with Crippen LogP contribution in [0.25, 0.3) is 0 Å². The van der Waals surface area contributed by atoms with E-state index >= 15 is 0 Å². The molecule has 1 aromatic rings. The van der Waals surface area contributed by atoms with Crippen LogP contribution in [-0.2, 0) is 27.2 Å². The number of nitrogens with zero attached hydrogens (tertiary/aromatic N) is 3. The standard InChI is InChI=1S/C20H27N3O3.CH2O2/c1-22-14-20(26-11-6-18(22)24)7-9-23(10-8-20)19(25)16-12-15-4-2-3-5-17(15)21-13-16;2-1-3/h12-13H,2-11,14H2,1H3;1H,(H,2,3). The van der Waals surface area contributed by atoms with Gasteiger partial charge in [0.1, 0.15) is 0 Å². The Kier molecular flexibility index (Phi) is 6.84. The summed E-state index contributed by atoms with van der Waals surface area (Å²) in [6, 6.07) is 2.04. The summed E-state index contributed by atoms with van der Waals surface area (Å²) in [6.45, 7) is 2.18. The number of aryl methyl sites for hydroxylation is 2. The first-order valence-corrected chi connectivity index (χ1v) is 10.2. The third kappa shape index (κ3) is 4.93. The van der Waals surface area contributed by atoms with Gasteiger partial charge < -0.3 is 19.6 Å². The topological polar surface area (TPSA) is 100 Å². The summed E-state index contributed by atoms with van der Waals surface area (Å²) in [5, 5.41) is 6.89. The molecule has 3 heterocycles. The molecule has 8 nitrogen and oxygen atoms in total. The van der Waals surface area contributed by atoms with Crippen LogP contribution in [0.2, 0.25) is 0 Å². The molecule has 0 unspecified atom stereocenters. The molecule has 0 atom stereocenters. The summed E-state index contributed by atoms with van der Waals surface area (Å²) in [4.78, 5) is 41.4. The Labute approximate surface area is 170 Å². The SMILES string of the molecule is CN1CC2(CCN(C(=O)c3cnc4c(c3)CCCC4)CC2)OCCC1=O.O=CO. The molecule has 29 heavy (non-hydrogen) atoms. The molecule has 2 amide bonds. The second-order valence-electron chi connectivity index (χ2n) is 7.97. The van der Waals surface area contributed by atoms with Gasteiger partial charge in [0.25, 0.3) is 12.4 Å². The van der Waals surface area contributed by atoms with Crippen molar-refractivity contribution in [3.8, 4) is 0 Å². The highest BCUT2D eigenvalue weighted by Gasteiger charge is 2.40. The summed E-state index contributed by atoms with van der Waals surface area (Å²) in [7, 11) is 1.84. The summed E-state index contributed by atoms with van der Waals surface area (Å²) >= 11 is 0. The highest BCUT2D eigenvalue weighted by molar-refractivity contribution is 5.94. The van der Waals surface area contributed by atoms with Crippen LogP contribution in [0.3, 0.4) is 0 Å². The molecule has 3 aliphatic rings. The van der Waals surface area contributed by atoms with Gasteiger partial charge >= 0.3 is 0 Å². The smallest absolute Gasteiger partial charge is 0.290 e. The lowest BCUT2D eigenvalue weighted by atomic mass is 9.90. The van der Waals surface area contributed by atoms with Crippen molar-refractivity contribution in [2.45, 2.75) is 50.5 Å². The number of likely N-dealkylation sites (N-methyl/N-ethyl adjacent to an activating group) is 1. The first-order chi connectivity index (χ1) is 14.0. The predicted molar refractivity (Wildman–Crippen MR) is 106 cm³/mol. The minimum absolute atomic E-state index is 0.0683. The molecule has 0 bridgehead atoms.